The lowest BCUT2D eigenvalue weighted by Gasteiger charge is -2.34. The largest absolute Gasteiger partial charge is 0.351 e. The monoisotopic (exact) mass is 412 g/mol. The van der Waals surface area contributed by atoms with Gasteiger partial charge >= 0.3 is 0 Å². The summed E-state index contributed by atoms with van der Waals surface area (Å²) < 4.78 is 25.0. The second-order valence-electron chi connectivity index (χ2n) is 6.72. The summed E-state index contributed by atoms with van der Waals surface area (Å²) in [5.41, 5.74) is 2.04. The third-order valence-electron chi connectivity index (χ3n) is 4.91. The number of benzene rings is 1. The minimum atomic E-state index is -3.49. The van der Waals surface area contributed by atoms with Gasteiger partial charge < -0.3 is 10.6 Å². The van der Waals surface area contributed by atoms with Crippen molar-refractivity contribution in [2.45, 2.75) is 30.7 Å². The quantitative estimate of drug-likeness (QED) is 0.742. The van der Waals surface area contributed by atoms with Crippen molar-refractivity contribution in [3.8, 4) is 0 Å². The molecule has 0 radical (unpaired) electrons. The van der Waals surface area contributed by atoms with E-state index < -0.39 is 20.5 Å². The molecule has 2 aromatic rings. The molecule has 1 saturated heterocycles. The van der Waals surface area contributed by atoms with Crippen LogP contribution in [0.15, 0.2) is 42.7 Å². The zero-order chi connectivity index (χ0) is 18.6. The molecule has 0 spiro atoms. The number of sulfone groups is 1. The van der Waals surface area contributed by atoms with Gasteiger partial charge in [-0.2, -0.15) is 5.10 Å². The number of halogens is 1. The Bertz CT molecular complexity index is 845. The number of aromatic nitrogens is 2. The van der Waals surface area contributed by atoms with Gasteiger partial charge in [0.15, 0.2) is 14.6 Å². The number of amides is 1. The minimum Gasteiger partial charge on any atom is -0.351 e. The molecule has 0 bridgehead atoms. The highest BCUT2D eigenvalue weighted by Crippen LogP contribution is 2.28. The van der Waals surface area contributed by atoms with Crippen LogP contribution in [-0.2, 0) is 27.7 Å². The molecule has 1 aliphatic rings. The van der Waals surface area contributed by atoms with E-state index in [0.717, 1.165) is 17.4 Å². The Morgan fingerprint density at radius 3 is 2.41 bits per heavy atom. The third kappa shape index (κ3) is 4.88. The first-order chi connectivity index (χ1) is 12.4. The summed E-state index contributed by atoms with van der Waals surface area (Å²) in [6, 6.07) is 9.73. The molecule has 9 heteroatoms. The first kappa shape index (κ1) is 21.4. The SMILES string of the molecule is CS(=O)(=O)C1(C(=O)NCc2ccc(Cn3cccn3)cc2)CCNCC1.Cl. The highest BCUT2D eigenvalue weighted by Gasteiger charge is 2.48. The Kier molecular flexibility index (Phi) is 7.02. The fourth-order valence-corrected chi connectivity index (χ4v) is 4.64. The number of nitrogens with one attached hydrogen (secondary N) is 2. The van der Waals surface area contributed by atoms with Gasteiger partial charge in [-0.25, -0.2) is 8.42 Å². The van der Waals surface area contributed by atoms with Gasteiger partial charge in [0.1, 0.15) is 0 Å². The predicted octanol–water partition coefficient (Wildman–Crippen LogP) is 1.14. The van der Waals surface area contributed by atoms with Crippen LogP contribution in [0.3, 0.4) is 0 Å². The molecule has 0 atom stereocenters. The van der Waals surface area contributed by atoms with Crippen LogP contribution in [0.5, 0.6) is 0 Å². The third-order valence-corrected chi connectivity index (χ3v) is 6.93. The average Bonchev–Trinajstić information content (AvgIpc) is 3.13. The maximum Gasteiger partial charge on any atom is 0.241 e. The molecule has 7 nitrogen and oxygen atoms in total. The van der Waals surface area contributed by atoms with Crippen LogP contribution in [0.1, 0.15) is 24.0 Å². The van der Waals surface area contributed by atoms with Gasteiger partial charge in [0.05, 0.1) is 6.54 Å². The predicted molar refractivity (Wildman–Crippen MR) is 107 cm³/mol. The number of rotatable bonds is 6. The minimum absolute atomic E-state index is 0. The summed E-state index contributed by atoms with van der Waals surface area (Å²) in [4.78, 5) is 12.7. The maximum absolute atomic E-state index is 12.7. The van der Waals surface area contributed by atoms with Crippen molar-refractivity contribution in [1.82, 2.24) is 20.4 Å². The zero-order valence-electron chi connectivity index (χ0n) is 15.2. The molecule has 3 rings (SSSR count). The highest BCUT2D eigenvalue weighted by molar-refractivity contribution is 7.92. The Morgan fingerprint density at radius 2 is 1.85 bits per heavy atom. The van der Waals surface area contributed by atoms with Crippen molar-refractivity contribution >= 4 is 28.2 Å². The van der Waals surface area contributed by atoms with Crippen molar-refractivity contribution in [3.05, 3.63) is 53.9 Å². The van der Waals surface area contributed by atoms with E-state index in [9.17, 15) is 13.2 Å². The van der Waals surface area contributed by atoms with E-state index >= 15 is 0 Å². The molecule has 27 heavy (non-hydrogen) atoms. The van der Waals surface area contributed by atoms with Crippen molar-refractivity contribution in [1.29, 1.82) is 0 Å². The molecular weight excluding hydrogens is 388 g/mol. The van der Waals surface area contributed by atoms with E-state index in [2.05, 4.69) is 15.7 Å². The van der Waals surface area contributed by atoms with Crippen LogP contribution < -0.4 is 10.6 Å². The molecule has 1 fully saturated rings. The number of piperidine rings is 1. The van der Waals surface area contributed by atoms with Gasteiger partial charge in [-0.3, -0.25) is 9.48 Å². The van der Waals surface area contributed by atoms with Crippen LogP contribution in [0, 0.1) is 0 Å². The molecule has 148 valence electrons. The van der Waals surface area contributed by atoms with Gasteiger partial charge in [0.2, 0.25) is 5.91 Å². The topological polar surface area (TPSA) is 93.1 Å². The van der Waals surface area contributed by atoms with Crippen LogP contribution in [0.4, 0.5) is 0 Å². The Balaban J connectivity index is 0.00000261. The molecular formula is C18H25ClN4O3S. The lowest BCUT2D eigenvalue weighted by atomic mass is 9.95. The molecule has 0 unspecified atom stereocenters. The van der Waals surface area contributed by atoms with Crippen molar-refractivity contribution in [2.24, 2.45) is 0 Å². The summed E-state index contributed by atoms with van der Waals surface area (Å²) in [5.74, 6) is -0.401. The lowest BCUT2D eigenvalue weighted by Crippen LogP contribution is -2.57. The lowest BCUT2D eigenvalue weighted by molar-refractivity contribution is -0.124. The number of carbonyl (C=O) groups is 1. The summed E-state index contributed by atoms with van der Waals surface area (Å²) in [6.45, 7) is 2.06. The van der Waals surface area contributed by atoms with Crippen LogP contribution >= 0.6 is 12.4 Å². The van der Waals surface area contributed by atoms with Crippen molar-refractivity contribution < 1.29 is 13.2 Å². The number of hydrogen-bond donors (Lipinski definition) is 2. The molecule has 1 aliphatic heterocycles. The first-order valence-electron chi connectivity index (χ1n) is 8.65. The molecule has 0 saturated carbocycles. The average molecular weight is 413 g/mol. The summed E-state index contributed by atoms with van der Waals surface area (Å²) in [7, 11) is -3.49. The zero-order valence-corrected chi connectivity index (χ0v) is 16.9. The van der Waals surface area contributed by atoms with Crippen LogP contribution in [0.25, 0.3) is 0 Å². The number of carbonyl (C=O) groups excluding carboxylic acids is 1. The van der Waals surface area contributed by atoms with Crippen molar-refractivity contribution in [3.63, 3.8) is 0 Å². The standard InChI is InChI=1S/C18H24N4O3S.ClH/c1-26(24,25)18(7-10-19-11-8-18)17(23)20-13-15-3-5-16(6-4-15)14-22-12-2-9-21-22;/h2-6,9,12,19H,7-8,10-11,13-14H2,1H3,(H,20,23);1H. The van der Waals surface area contributed by atoms with E-state index in [1.54, 1.807) is 6.20 Å². The smallest absolute Gasteiger partial charge is 0.241 e. The van der Waals surface area contributed by atoms with E-state index in [1.807, 2.05) is 41.2 Å². The molecule has 2 N–H and O–H groups in total. The number of nitrogens with zero attached hydrogens (tertiary/aromatic N) is 2. The Morgan fingerprint density at radius 1 is 1.22 bits per heavy atom. The second-order valence-corrected chi connectivity index (χ2v) is 9.05. The maximum atomic E-state index is 12.7. The van der Waals surface area contributed by atoms with Gasteiger partial charge in [-0.1, -0.05) is 24.3 Å². The fraction of sp³-hybridized carbons (Fsp3) is 0.444. The van der Waals surface area contributed by atoms with Gasteiger partial charge in [-0.05, 0) is 43.1 Å². The molecule has 1 amide bonds. The Hall–Kier alpha value is -1.90. The summed E-state index contributed by atoms with van der Waals surface area (Å²) >= 11 is 0. The van der Waals surface area contributed by atoms with Gasteiger partial charge in [0, 0.05) is 25.2 Å². The van der Waals surface area contributed by atoms with E-state index in [-0.39, 0.29) is 12.4 Å². The second kappa shape index (κ2) is 8.86. The van der Waals surface area contributed by atoms with E-state index in [0.29, 0.717) is 39.0 Å². The Labute approximate surface area is 165 Å². The number of hydrogen-bond acceptors (Lipinski definition) is 5. The van der Waals surface area contributed by atoms with E-state index in [4.69, 9.17) is 0 Å². The molecule has 2 heterocycles. The highest BCUT2D eigenvalue weighted by atomic mass is 35.5. The van der Waals surface area contributed by atoms with Crippen LogP contribution in [-0.4, -0.2) is 48.2 Å². The molecule has 1 aromatic heterocycles. The molecule has 0 aliphatic carbocycles. The summed E-state index contributed by atoms with van der Waals surface area (Å²) in [6.07, 6.45) is 5.41. The van der Waals surface area contributed by atoms with Crippen molar-refractivity contribution in [2.75, 3.05) is 19.3 Å². The van der Waals surface area contributed by atoms with Gasteiger partial charge in [0.25, 0.3) is 0 Å². The molecule has 1 aromatic carbocycles. The summed E-state index contributed by atoms with van der Waals surface area (Å²) in [5, 5.41) is 10.1. The normalized spacial score (nSPS) is 16.3. The van der Waals surface area contributed by atoms with Crippen LogP contribution in [0.2, 0.25) is 0 Å². The first-order valence-corrected chi connectivity index (χ1v) is 10.5. The van der Waals surface area contributed by atoms with Gasteiger partial charge in [-0.15, -0.1) is 12.4 Å². The fourth-order valence-electron chi connectivity index (χ4n) is 3.28. The van der Waals surface area contributed by atoms with E-state index in [1.165, 1.54) is 0 Å².